The van der Waals surface area contributed by atoms with E-state index in [2.05, 4.69) is 48.5 Å². The van der Waals surface area contributed by atoms with Gasteiger partial charge in [-0.2, -0.15) is 0 Å². The van der Waals surface area contributed by atoms with Crippen LogP contribution in [0.15, 0.2) is 48.8 Å². The number of rotatable bonds is 16. The Bertz CT molecular complexity index is 1720. The molecule has 7 N–H and O–H groups in total. The maximum Gasteiger partial charge on any atom is 0.326 e. The zero-order chi connectivity index (χ0) is 39.5. The summed E-state index contributed by atoms with van der Waals surface area (Å²) in [7, 11) is 0. The summed E-state index contributed by atoms with van der Waals surface area (Å²) in [4.78, 5) is 52.5. The molecule has 3 heterocycles. The van der Waals surface area contributed by atoms with Crippen molar-refractivity contribution < 1.29 is 19.5 Å². The molecule has 2 aromatic heterocycles. The first-order valence-electron chi connectivity index (χ1n) is 20.0. The van der Waals surface area contributed by atoms with Crippen LogP contribution in [0, 0.1) is 23.2 Å². The number of benzene rings is 1. The molecule has 55 heavy (non-hydrogen) atoms. The van der Waals surface area contributed by atoms with E-state index in [4.69, 9.17) is 21.1 Å². The first-order valence-corrected chi connectivity index (χ1v) is 20.8. The van der Waals surface area contributed by atoms with Crippen LogP contribution in [0.4, 0.5) is 5.69 Å². The van der Waals surface area contributed by atoms with E-state index in [0.717, 1.165) is 52.5 Å². The fourth-order valence-corrected chi connectivity index (χ4v) is 8.97. The van der Waals surface area contributed by atoms with Gasteiger partial charge in [0, 0.05) is 36.5 Å². The van der Waals surface area contributed by atoms with Crippen LogP contribution in [0.3, 0.4) is 0 Å². The molecule has 12 nitrogen and oxygen atoms in total. The number of thiophene rings is 1. The molecule has 2 amide bonds. The highest BCUT2D eigenvalue weighted by molar-refractivity contribution is 7.14. The molecule has 2 aliphatic rings. The fourth-order valence-electron chi connectivity index (χ4n) is 8.01. The van der Waals surface area contributed by atoms with Gasteiger partial charge in [0.25, 0.3) is 5.91 Å². The van der Waals surface area contributed by atoms with E-state index < -0.39 is 29.9 Å². The summed E-state index contributed by atoms with van der Waals surface area (Å²) >= 11 is 1.37. The van der Waals surface area contributed by atoms with Crippen molar-refractivity contribution in [1.29, 1.82) is 5.41 Å². The highest BCUT2D eigenvalue weighted by atomic mass is 32.1. The number of hydrogen-bond acceptors (Lipinski definition) is 8. The predicted molar refractivity (Wildman–Crippen MR) is 219 cm³/mol. The fraction of sp³-hybridized carbons (Fsp3) is 0.571. The van der Waals surface area contributed by atoms with Crippen molar-refractivity contribution in [1.82, 2.24) is 25.9 Å². The zero-order valence-corrected chi connectivity index (χ0v) is 33.7. The van der Waals surface area contributed by atoms with E-state index >= 15 is 0 Å². The number of hydrogen-bond donors (Lipinski definition) is 6. The normalized spacial score (nSPS) is 18.9. The average molecular weight is 773 g/mol. The number of anilines is 1. The number of carboxylic acids is 1. The van der Waals surface area contributed by atoms with E-state index in [0.29, 0.717) is 23.7 Å². The number of aromatic nitrogens is 2. The molecule has 1 saturated heterocycles. The van der Waals surface area contributed by atoms with E-state index in [1.807, 2.05) is 42.7 Å². The molecule has 1 saturated carbocycles. The quantitative estimate of drug-likeness (QED) is 0.0537. The minimum atomic E-state index is -1.19. The molecule has 0 bridgehead atoms. The van der Waals surface area contributed by atoms with Crippen LogP contribution >= 0.6 is 11.3 Å². The van der Waals surface area contributed by atoms with Gasteiger partial charge < -0.3 is 31.7 Å². The molecule has 298 valence electrons. The molecule has 2 atom stereocenters. The molecule has 1 aliphatic carbocycles. The number of carboxylic acid groups (broad SMARTS) is 1. The van der Waals surface area contributed by atoms with E-state index in [1.165, 1.54) is 62.7 Å². The lowest BCUT2D eigenvalue weighted by Crippen LogP contribution is -2.52. The van der Waals surface area contributed by atoms with Gasteiger partial charge in [0.2, 0.25) is 5.91 Å². The summed E-state index contributed by atoms with van der Waals surface area (Å²) in [6.45, 7) is 10.9. The van der Waals surface area contributed by atoms with Crippen LogP contribution in [0.5, 0.6) is 0 Å². The summed E-state index contributed by atoms with van der Waals surface area (Å²) in [6.07, 6.45) is 15.2. The van der Waals surface area contributed by atoms with Crippen LogP contribution in [-0.4, -0.2) is 70.5 Å². The minimum Gasteiger partial charge on any atom is -0.480 e. The van der Waals surface area contributed by atoms with Gasteiger partial charge >= 0.3 is 5.97 Å². The van der Waals surface area contributed by atoms with Crippen molar-refractivity contribution in [2.75, 3.05) is 24.5 Å². The Morgan fingerprint density at radius 3 is 2.18 bits per heavy atom. The highest BCUT2D eigenvalue weighted by Gasteiger charge is 2.31. The van der Waals surface area contributed by atoms with Crippen molar-refractivity contribution in [3.8, 4) is 11.4 Å². The molecule has 0 unspecified atom stereocenters. The Balaban J connectivity index is 1.21. The Kier molecular flexibility index (Phi) is 14.7. The molecule has 0 spiro atoms. The van der Waals surface area contributed by atoms with Crippen molar-refractivity contribution in [3.63, 3.8) is 0 Å². The molecule has 5 rings (SSSR count). The summed E-state index contributed by atoms with van der Waals surface area (Å²) in [5.41, 5.74) is 7.85. The molecule has 13 heteroatoms. The highest BCUT2D eigenvalue weighted by Crippen LogP contribution is 2.39. The Labute approximate surface area is 330 Å². The SMILES string of the molecule is CCC[C@H]1CC[C@H](C2CCN(c3cnc(-c4ccc(C[C@H](NC(=O)c5ccc(C(C)(C)C)s5)C(=O)N[C@@H](CCCNC(=N)N)C(=O)O)cc4)nc3)CC2)CC1. The van der Waals surface area contributed by atoms with Gasteiger partial charge in [-0.1, -0.05) is 77.6 Å². The number of guanidine groups is 1. The Morgan fingerprint density at radius 2 is 1.60 bits per heavy atom. The number of aliphatic carboxylic acids is 1. The van der Waals surface area contributed by atoms with Crippen LogP contribution in [0.25, 0.3) is 11.4 Å². The van der Waals surface area contributed by atoms with Gasteiger partial charge in [0.1, 0.15) is 12.1 Å². The second-order valence-electron chi connectivity index (χ2n) is 16.4. The summed E-state index contributed by atoms with van der Waals surface area (Å²) in [5.74, 6) is 0.864. The predicted octanol–water partition coefficient (Wildman–Crippen LogP) is 6.50. The maximum absolute atomic E-state index is 13.6. The van der Waals surface area contributed by atoms with E-state index in [1.54, 1.807) is 6.07 Å². The smallest absolute Gasteiger partial charge is 0.326 e. The second kappa shape index (κ2) is 19.4. The zero-order valence-electron chi connectivity index (χ0n) is 32.9. The maximum atomic E-state index is 13.6. The van der Waals surface area contributed by atoms with Crippen molar-refractivity contribution >= 4 is 40.8 Å². The van der Waals surface area contributed by atoms with Gasteiger partial charge in [-0.3, -0.25) is 15.0 Å². The summed E-state index contributed by atoms with van der Waals surface area (Å²) in [5, 5.41) is 25.3. The van der Waals surface area contributed by atoms with Crippen LogP contribution in [0.1, 0.15) is 112 Å². The monoisotopic (exact) mass is 772 g/mol. The van der Waals surface area contributed by atoms with Gasteiger partial charge in [-0.05, 0) is 79.4 Å². The average Bonchev–Trinajstić information content (AvgIpc) is 3.69. The van der Waals surface area contributed by atoms with Crippen LogP contribution in [-0.2, 0) is 21.4 Å². The van der Waals surface area contributed by atoms with Crippen molar-refractivity contribution in [2.24, 2.45) is 23.5 Å². The lowest BCUT2D eigenvalue weighted by atomic mass is 9.72. The molecule has 1 aromatic carbocycles. The van der Waals surface area contributed by atoms with Gasteiger partial charge in [0.05, 0.1) is 23.0 Å². The number of amides is 2. The summed E-state index contributed by atoms with van der Waals surface area (Å²) in [6, 6.07) is 9.01. The molecule has 2 fully saturated rings. The number of nitrogens with one attached hydrogen (secondary N) is 4. The Hall–Kier alpha value is -4.52. The lowest BCUT2D eigenvalue weighted by molar-refractivity contribution is -0.142. The van der Waals surface area contributed by atoms with Crippen LogP contribution in [0.2, 0.25) is 0 Å². The second-order valence-corrected chi connectivity index (χ2v) is 17.5. The topological polar surface area (TPSA) is 186 Å². The minimum absolute atomic E-state index is 0.119. The van der Waals surface area contributed by atoms with E-state index in [9.17, 15) is 19.5 Å². The molecular weight excluding hydrogens is 713 g/mol. The first kappa shape index (κ1) is 41.6. The number of piperidine rings is 1. The molecule has 3 aromatic rings. The van der Waals surface area contributed by atoms with Crippen LogP contribution < -0.4 is 26.6 Å². The largest absolute Gasteiger partial charge is 0.480 e. The third-order valence-electron chi connectivity index (χ3n) is 11.2. The standard InChI is InChI=1S/C42H60N8O4S/c1-5-7-27-9-13-29(14-10-27)30-19-22-50(23-20-30)32-25-46-37(47-26-32)31-15-11-28(12-16-31)24-34(49-39(52)35-17-18-36(55-35)42(2,3)4)38(51)48-33(40(53)54)8-6-21-45-41(43)44/h11-12,15-18,25-27,29-30,33-34H,5-10,13-14,19-24H2,1-4H3,(H,48,51)(H,49,52)(H,53,54)(H4,43,44,45)/t27-,29-,33-,34-/m0/s1. The number of carbonyl (C=O) groups is 3. The van der Waals surface area contributed by atoms with Gasteiger partial charge in [-0.15, -0.1) is 11.3 Å². The number of nitrogens with two attached hydrogens (primary N) is 1. The molecule has 1 aliphatic heterocycles. The van der Waals surface area contributed by atoms with Gasteiger partial charge in [-0.25, -0.2) is 14.8 Å². The lowest BCUT2D eigenvalue weighted by Gasteiger charge is -2.39. The third kappa shape index (κ3) is 12.0. The Morgan fingerprint density at radius 1 is 0.945 bits per heavy atom. The number of nitrogens with zero attached hydrogens (tertiary/aromatic N) is 3. The van der Waals surface area contributed by atoms with Gasteiger partial charge in [0.15, 0.2) is 11.8 Å². The molecule has 0 radical (unpaired) electrons. The van der Waals surface area contributed by atoms with E-state index in [-0.39, 0.29) is 24.2 Å². The third-order valence-corrected chi connectivity index (χ3v) is 12.8. The first-order chi connectivity index (χ1) is 26.3. The van der Waals surface area contributed by atoms with Crippen molar-refractivity contribution in [2.45, 2.75) is 116 Å². The number of carbonyl (C=O) groups excluding carboxylic acids is 2. The molecular formula is C42H60N8O4S. The summed E-state index contributed by atoms with van der Waals surface area (Å²) < 4.78 is 0. The van der Waals surface area contributed by atoms with Crippen molar-refractivity contribution in [3.05, 3.63) is 64.1 Å².